The average Bonchev–Trinajstić information content (AvgIpc) is 3.02. The Bertz CT molecular complexity index is 813. The fourth-order valence-electron chi connectivity index (χ4n) is 2.08. The third-order valence-electron chi connectivity index (χ3n) is 3.23. The fraction of sp³-hybridized carbons (Fsp3) is 0.143. The lowest BCUT2D eigenvalue weighted by Gasteiger charge is -2.07. The van der Waals surface area contributed by atoms with Gasteiger partial charge >= 0.3 is 5.69 Å². The minimum atomic E-state index is -0.514. The number of nitro benzene ring substituents is 1. The molecule has 8 nitrogen and oxygen atoms in total. The normalized spacial score (nSPS) is 10.6. The number of ether oxygens (including phenoxy) is 1. The maximum atomic E-state index is 10.9. The number of rotatable bonds is 5. The van der Waals surface area contributed by atoms with E-state index in [2.05, 4.69) is 20.3 Å². The molecule has 1 N–H and O–H groups in total. The van der Waals surface area contributed by atoms with Gasteiger partial charge in [0.15, 0.2) is 5.52 Å². The van der Waals surface area contributed by atoms with E-state index in [1.807, 2.05) is 24.3 Å². The van der Waals surface area contributed by atoms with Crippen LogP contribution in [0.5, 0.6) is 5.75 Å². The Balaban J connectivity index is 1.83. The van der Waals surface area contributed by atoms with Crippen LogP contribution in [0.2, 0.25) is 0 Å². The molecule has 0 spiro atoms. The second kappa shape index (κ2) is 5.68. The minimum absolute atomic E-state index is 0.129. The number of benzene rings is 2. The molecule has 0 unspecified atom stereocenters. The van der Waals surface area contributed by atoms with Gasteiger partial charge in [0.05, 0.1) is 17.7 Å². The number of nitro groups is 1. The number of fused-ring (bicyclic) bond motifs is 1. The van der Waals surface area contributed by atoms with Crippen LogP contribution in [0.15, 0.2) is 41.0 Å². The second-order valence-electron chi connectivity index (χ2n) is 4.55. The summed E-state index contributed by atoms with van der Waals surface area (Å²) in [4.78, 5) is 10.4. The summed E-state index contributed by atoms with van der Waals surface area (Å²) >= 11 is 0. The predicted octanol–water partition coefficient (Wildman–Crippen LogP) is 2.75. The molecule has 1 aromatic heterocycles. The molecule has 0 fully saturated rings. The highest BCUT2D eigenvalue weighted by atomic mass is 16.6. The quantitative estimate of drug-likeness (QED) is 0.570. The monoisotopic (exact) mass is 300 g/mol. The first-order chi connectivity index (χ1) is 10.7. The highest BCUT2D eigenvalue weighted by molar-refractivity contribution is 5.93. The summed E-state index contributed by atoms with van der Waals surface area (Å²) < 4.78 is 9.72. The van der Waals surface area contributed by atoms with Crippen LogP contribution >= 0.6 is 0 Å². The maximum absolute atomic E-state index is 10.9. The molecule has 1 heterocycles. The van der Waals surface area contributed by atoms with Gasteiger partial charge < -0.3 is 10.1 Å². The number of aromatic nitrogens is 2. The van der Waals surface area contributed by atoms with Gasteiger partial charge in [-0.25, -0.2) is 4.63 Å². The smallest absolute Gasteiger partial charge is 0.300 e. The van der Waals surface area contributed by atoms with Gasteiger partial charge in [0.2, 0.25) is 5.52 Å². The number of nitrogens with zero attached hydrogens (tertiary/aromatic N) is 3. The summed E-state index contributed by atoms with van der Waals surface area (Å²) in [5.41, 5.74) is 1.99. The third-order valence-corrected chi connectivity index (χ3v) is 3.23. The largest absolute Gasteiger partial charge is 0.497 e. The van der Waals surface area contributed by atoms with Crippen molar-refractivity contribution in [1.29, 1.82) is 0 Å². The molecule has 0 aliphatic rings. The Labute approximate surface area is 124 Å². The van der Waals surface area contributed by atoms with E-state index in [0.29, 0.717) is 17.7 Å². The Hall–Kier alpha value is -3.16. The van der Waals surface area contributed by atoms with Crippen LogP contribution < -0.4 is 10.1 Å². The zero-order chi connectivity index (χ0) is 15.5. The molecule has 8 heteroatoms. The highest BCUT2D eigenvalue weighted by Gasteiger charge is 2.19. The molecule has 2 aromatic carbocycles. The molecule has 0 aliphatic heterocycles. The van der Waals surface area contributed by atoms with E-state index in [9.17, 15) is 10.1 Å². The van der Waals surface area contributed by atoms with Crippen molar-refractivity contribution < 1.29 is 14.3 Å². The van der Waals surface area contributed by atoms with E-state index in [0.717, 1.165) is 11.3 Å². The van der Waals surface area contributed by atoms with Gasteiger partial charge in [-0.05, 0) is 34.1 Å². The lowest BCUT2D eigenvalue weighted by Crippen LogP contribution is -2.01. The minimum Gasteiger partial charge on any atom is -0.497 e. The third kappa shape index (κ3) is 2.53. The van der Waals surface area contributed by atoms with Gasteiger partial charge in [-0.2, -0.15) is 0 Å². The summed E-state index contributed by atoms with van der Waals surface area (Å²) in [6.45, 7) is 0.532. The van der Waals surface area contributed by atoms with Gasteiger partial charge in [0.1, 0.15) is 5.75 Å². The van der Waals surface area contributed by atoms with E-state index in [-0.39, 0.29) is 11.2 Å². The Morgan fingerprint density at radius 2 is 1.91 bits per heavy atom. The summed E-state index contributed by atoms with van der Waals surface area (Å²) in [6.07, 6.45) is 0. The van der Waals surface area contributed by atoms with Crippen molar-refractivity contribution in [3.8, 4) is 5.75 Å². The lowest BCUT2D eigenvalue weighted by molar-refractivity contribution is -0.383. The van der Waals surface area contributed by atoms with Gasteiger partial charge in [-0.3, -0.25) is 10.1 Å². The van der Waals surface area contributed by atoms with Crippen molar-refractivity contribution in [2.75, 3.05) is 12.4 Å². The summed E-state index contributed by atoms with van der Waals surface area (Å²) in [7, 11) is 1.61. The van der Waals surface area contributed by atoms with Gasteiger partial charge in [-0.1, -0.05) is 12.1 Å². The molecule has 0 amide bonds. The highest BCUT2D eigenvalue weighted by Crippen LogP contribution is 2.29. The van der Waals surface area contributed by atoms with E-state index in [1.165, 1.54) is 6.07 Å². The first-order valence-electron chi connectivity index (χ1n) is 6.45. The molecule has 0 atom stereocenters. The van der Waals surface area contributed by atoms with Crippen molar-refractivity contribution in [2.45, 2.75) is 6.54 Å². The molecule has 3 rings (SSSR count). The summed E-state index contributed by atoms with van der Waals surface area (Å²) in [5.74, 6) is 0.780. The van der Waals surface area contributed by atoms with Crippen molar-refractivity contribution in [2.24, 2.45) is 0 Å². The fourth-order valence-corrected chi connectivity index (χ4v) is 2.08. The Kier molecular flexibility index (Phi) is 3.57. The first kappa shape index (κ1) is 13.8. The molecular weight excluding hydrogens is 288 g/mol. The molecular formula is C14H12N4O4. The number of anilines is 1. The standard InChI is InChI=1S/C14H12N4O4/c1-21-10-4-2-9(3-5-10)8-15-11-6-7-12(18(19)20)14-13(11)16-22-17-14/h2-7,15H,8H2,1H3. The van der Waals surface area contributed by atoms with E-state index >= 15 is 0 Å². The van der Waals surface area contributed by atoms with Crippen LogP contribution in [0.25, 0.3) is 11.0 Å². The van der Waals surface area contributed by atoms with Crippen molar-refractivity contribution in [3.63, 3.8) is 0 Å². The van der Waals surface area contributed by atoms with Crippen molar-refractivity contribution >= 4 is 22.4 Å². The first-order valence-corrected chi connectivity index (χ1v) is 6.45. The molecule has 3 aromatic rings. The second-order valence-corrected chi connectivity index (χ2v) is 4.55. The van der Waals surface area contributed by atoms with E-state index < -0.39 is 4.92 Å². The Morgan fingerprint density at radius 1 is 1.18 bits per heavy atom. The number of non-ortho nitro benzene ring substituents is 1. The van der Waals surface area contributed by atoms with E-state index in [1.54, 1.807) is 13.2 Å². The molecule has 0 saturated carbocycles. The lowest BCUT2D eigenvalue weighted by atomic mass is 10.2. The van der Waals surface area contributed by atoms with Crippen LogP contribution in [0, 0.1) is 10.1 Å². The Morgan fingerprint density at radius 3 is 2.59 bits per heavy atom. The zero-order valence-corrected chi connectivity index (χ0v) is 11.6. The average molecular weight is 300 g/mol. The van der Waals surface area contributed by atoms with E-state index in [4.69, 9.17) is 4.74 Å². The molecule has 0 radical (unpaired) electrons. The van der Waals surface area contributed by atoms with Crippen LogP contribution in [0.3, 0.4) is 0 Å². The number of nitrogens with one attached hydrogen (secondary N) is 1. The van der Waals surface area contributed by atoms with Crippen molar-refractivity contribution in [3.05, 3.63) is 52.1 Å². The number of hydrogen-bond donors (Lipinski definition) is 1. The van der Waals surface area contributed by atoms with Gasteiger partial charge in [0, 0.05) is 12.6 Å². The molecule has 0 aliphatic carbocycles. The number of methoxy groups -OCH3 is 1. The molecule has 0 saturated heterocycles. The molecule has 112 valence electrons. The zero-order valence-electron chi connectivity index (χ0n) is 11.6. The maximum Gasteiger partial charge on any atom is 0.300 e. The molecule has 0 bridgehead atoms. The van der Waals surface area contributed by atoms with Crippen LogP contribution in [-0.2, 0) is 6.54 Å². The summed E-state index contributed by atoms with van der Waals surface area (Å²) in [5, 5.41) is 21.4. The SMILES string of the molecule is COc1ccc(CNc2ccc([N+](=O)[O-])c3nonc23)cc1. The van der Waals surface area contributed by atoms with Gasteiger partial charge in [-0.15, -0.1) is 0 Å². The van der Waals surface area contributed by atoms with Crippen LogP contribution in [0.4, 0.5) is 11.4 Å². The molecule has 22 heavy (non-hydrogen) atoms. The van der Waals surface area contributed by atoms with Crippen LogP contribution in [-0.4, -0.2) is 22.3 Å². The van der Waals surface area contributed by atoms with Gasteiger partial charge in [0.25, 0.3) is 0 Å². The van der Waals surface area contributed by atoms with Crippen molar-refractivity contribution in [1.82, 2.24) is 10.3 Å². The predicted molar refractivity (Wildman–Crippen MR) is 78.8 cm³/mol. The topological polar surface area (TPSA) is 103 Å². The summed E-state index contributed by atoms with van der Waals surface area (Å²) in [6, 6.07) is 10.5. The number of hydrogen-bond acceptors (Lipinski definition) is 7. The van der Waals surface area contributed by atoms with Crippen LogP contribution in [0.1, 0.15) is 5.56 Å².